The second-order valence-corrected chi connectivity index (χ2v) is 5.47. The molecule has 0 saturated heterocycles. The number of amides is 1. The maximum atomic E-state index is 11.6. The van der Waals surface area contributed by atoms with E-state index in [1.807, 2.05) is 24.3 Å². The van der Waals surface area contributed by atoms with E-state index in [1.54, 1.807) is 0 Å². The smallest absolute Gasteiger partial charge is 0.239 e. The van der Waals surface area contributed by atoms with Gasteiger partial charge in [0, 0.05) is 16.2 Å². The molecule has 1 aliphatic rings. The molecule has 1 aromatic rings. The Bertz CT molecular complexity index is 387. The normalized spacial score (nSPS) is 16.4. The molecule has 3 nitrogen and oxygen atoms in total. The maximum Gasteiger partial charge on any atom is 0.239 e. The van der Waals surface area contributed by atoms with Crippen LogP contribution in [0.25, 0.3) is 0 Å². The molecule has 0 bridgehead atoms. The second kappa shape index (κ2) is 5.54. The lowest BCUT2D eigenvalue weighted by atomic mass is 10.2. The van der Waals surface area contributed by atoms with E-state index in [2.05, 4.69) is 33.5 Å². The highest BCUT2D eigenvalue weighted by molar-refractivity contribution is 9.10. The molecular weight excluding hydrogens is 280 g/mol. The molecule has 17 heavy (non-hydrogen) atoms. The first-order valence-corrected chi connectivity index (χ1v) is 6.73. The van der Waals surface area contributed by atoms with E-state index < -0.39 is 0 Å². The van der Waals surface area contributed by atoms with E-state index in [4.69, 9.17) is 0 Å². The van der Waals surface area contributed by atoms with Crippen LogP contribution in [0, 0.1) is 5.92 Å². The Kier molecular flexibility index (Phi) is 4.05. The van der Waals surface area contributed by atoms with Crippen LogP contribution in [-0.4, -0.2) is 18.5 Å². The quantitative estimate of drug-likeness (QED) is 0.877. The van der Waals surface area contributed by atoms with Gasteiger partial charge in [-0.25, -0.2) is 0 Å². The van der Waals surface area contributed by atoms with Crippen LogP contribution in [0.1, 0.15) is 19.8 Å². The van der Waals surface area contributed by atoms with Crippen LogP contribution in [0.4, 0.5) is 5.69 Å². The molecule has 0 aliphatic heterocycles. The molecule has 1 saturated carbocycles. The van der Waals surface area contributed by atoms with Gasteiger partial charge in [0.05, 0.1) is 6.54 Å². The fourth-order valence-electron chi connectivity index (χ4n) is 1.77. The summed E-state index contributed by atoms with van der Waals surface area (Å²) in [7, 11) is 0. The topological polar surface area (TPSA) is 41.1 Å². The average molecular weight is 297 g/mol. The monoisotopic (exact) mass is 296 g/mol. The fourth-order valence-corrected chi connectivity index (χ4v) is 2.03. The third kappa shape index (κ3) is 4.04. The van der Waals surface area contributed by atoms with Gasteiger partial charge >= 0.3 is 0 Å². The Morgan fingerprint density at radius 2 is 2.06 bits per heavy atom. The Morgan fingerprint density at radius 3 is 2.65 bits per heavy atom. The first kappa shape index (κ1) is 12.4. The van der Waals surface area contributed by atoms with Crippen LogP contribution >= 0.6 is 15.9 Å². The van der Waals surface area contributed by atoms with Gasteiger partial charge in [0.15, 0.2) is 0 Å². The molecular formula is C13H17BrN2O. The molecule has 1 aromatic carbocycles. The molecule has 2 N–H and O–H groups in total. The van der Waals surface area contributed by atoms with Crippen molar-refractivity contribution in [2.24, 2.45) is 5.92 Å². The molecule has 0 radical (unpaired) electrons. The highest BCUT2D eigenvalue weighted by Crippen LogP contribution is 2.32. The van der Waals surface area contributed by atoms with Crippen LogP contribution in [-0.2, 0) is 4.79 Å². The van der Waals surface area contributed by atoms with Crippen molar-refractivity contribution in [3.05, 3.63) is 28.7 Å². The summed E-state index contributed by atoms with van der Waals surface area (Å²) in [4.78, 5) is 11.6. The van der Waals surface area contributed by atoms with Crippen molar-refractivity contribution in [1.82, 2.24) is 5.32 Å². The Hall–Kier alpha value is -1.03. The summed E-state index contributed by atoms with van der Waals surface area (Å²) in [5, 5.41) is 6.12. The zero-order valence-electron chi connectivity index (χ0n) is 9.87. The first-order valence-electron chi connectivity index (χ1n) is 5.94. The predicted octanol–water partition coefficient (Wildman–Crippen LogP) is 2.78. The van der Waals surface area contributed by atoms with Crippen LogP contribution < -0.4 is 10.6 Å². The van der Waals surface area contributed by atoms with Crippen LogP contribution in [0.2, 0.25) is 0 Å². The third-order valence-electron chi connectivity index (χ3n) is 3.02. The number of hydrogen-bond acceptors (Lipinski definition) is 2. The molecule has 92 valence electrons. The molecule has 0 aromatic heterocycles. The molecule has 1 aliphatic carbocycles. The van der Waals surface area contributed by atoms with E-state index in [0.29, 0.717) is 18.5 Å². The molecule has 1 fully saturated rings. The Balaban J connectivity index is 1.73. The number of carbonyl (C=O) groups is 1. The lowest BCUT2D eigenvalue weighted by molar-refractivity contribution is -0.120. The van der Waals surface area contributed by atoms with E-state index in [-0.39, 0.29) is 5.91 Å². The molecule has 0 spiro atoms. The van der Waals surface area contributed by atoms with E-state index in [1.165, 1.54) is 12.8 Å². The molecule has 4 heteroatoms. The third-order valence-corrected chi connectivity index (χ3v) is 3.54. The van der Waals surface area contributed by atoms with Crippen molar-refractivity contribution < 1.29 is 4.79 Å². The molecule has 1 amide bonds. The summed E-state index contributed by atoms with van der Waals surface area (Å²) >= 11 is 3.37. The highest BCUT2D eigenvalue weighted by Gasteiger charge is 2.28. The van der Waals surface area contributed by atoms with Crippen molar-refractivity contribution in [1.29, 1.82) is 0 Å². The predicted molar refractivity (Wildman–Crippen MR) is 73.0 cm³/mol. The number of benzene rings is 1. The fraction of sp³-hybridized carbons (Fsp3) is 0.462. The summed E-state index contributed by atoms with van der Waals surface area (Å²) in [6, 6.07) is 8.11. The maximum absolute atomic E-state index is 11.6. The Labute approximate surface area is 110 Å². The lowest BCUT2D eigenvalue weighted by Gasteiger charge is -2.13. The zero-order valence-corrected chi connectivity index (χ0v) is 11.5. The van der Waals surface area contributed by atoms with E-state index >= 15 is 0 Å². The molecule has 0 heterocycles. The summed E-state index contributed by atoms with van der Waals surface area (Å²) < 4.78 is 1.04. The number of nitrogens with one attached hydrogen (secondary N) is 2. The van der Waals surface area contributed by atoms with E-state index in [0.717, 1.165) is 10.2 Å². The minimum atomic E-state index is 0.0623. The van der Waals surface area contributed by atoms with Crippen LogP contribution in [0.15, 0.2) is 28.7 Å². The largest absolute Gasteiger partial charge is 0.376 e. The number of rotatable bonds is 5. The lowest BCUT2D eigenvalue weighted by Crippen LogP contribution is -2.37. The minimum absolute atomic E-state index is 0.0623. The number of carbonyl (C=O) groups excluding carboxylic acids is 1. The van der Waals surface area contributed by atoms with Crippen molar-refractivity contribution in [3.63, 3.8) is 0 Å². The van der Waals surface area contributed by atoms with Crippen molar-refractivity contribution in [2.45, 2.75) is 25.8 Å². The van der Waals surface area contributed by atoms with Gasteiger partial charge < -0.3 is 10.6 Å². The summed E-state index contributed by atoms with van der Waals surface area (Å²) in [6.45, 7) is 2.41. The molecule has 1 atom stereocenters. The van der Waals surface area contributed by atoms with Crippen LogP contribution in [0.3, 0.4) is 0 Å². The standard InChI is InChI=1S/C13H17BrN2O/c1-9(10-2-3-10)16-13(17)8-15-12-6-4-11(14)5-7-12/h4-7,9-10,15H,2-3,8H2,1H3,(H,16,17)/t9-/m1/s1. The van der Waals surface area contributed by atoms with Crippen molar-refractivity contribution in [2.75, 3.05) is 11.9 Å². The van der Waals surface area contributed by atoms with Gasteiger partial charge in [0.1, 0.15) is 0 Å². The number of hydrogen-bond donors (Lipinski definition) is 2. The van der Waals surface area contributed by atoms with Gasteiger partial charge in [-0.15, -0.1) is 0 Å². The van der Waals surface area contributed by atoms with Gasteiger partial charge in [-0.05, 0) is 49.9 Å². The average Bonchev–Trinajstić information content (AvgIpc) is 3.12. The summed E-state index contributed by atoms with van der Waals surface area (Å²) in [5.41, 5.74) is 0.961. The SMILES string of the molecule is C[C@@H](NC(=O)CNc1ccc(Br)cc1)C1CC1. The zero-order chi connectivity index (χ0) is 12.3. The van der Waals surface area contributed by atoms with Crippen LogP contribution in [0.5, 0.6) is 0 Å². The second-order valence-electron chi connectivity index (χ2n) is 4.55. The van der Waals surface area contributed by atoms with Crippen molar-refractivity contribution in [3.8, 4) is 0 Å². The van der Waals surface area contributed by atoms with Gasteiger partial charge in [-0.2, -0.15) is 0 Å². The summed E-state index contributed by atoms with van der Waals surface area (Å²) in [5.74, 6) is 0.763. The van der Waals surface area contributed by atoms with E-state index in [9.17, 15) is 4.79 Å². The minimum Gasteiger partial charge on any atom is -0.376 e. The number of anilines is 1. The van der Waals surface area contributed by atoms with Gasteiger partial charge in [0.25, 0.3) is 0 Å². The molecule has 2 rings (SSSR count). The van der Waals surface area contributed by atoms with Gasteiger partial charge in [-0.1, -0.05) is 15.9 Å². The van der Waals surface area contributed by atoms with Crippen molar-refractivity contribution >= 4 is 27.5 Å². The number of halogens is 1. The highest BCUT2D eigenvalue weighted by atomic mass is 79.9. The first-order chi connectivity index (χ1) is 8.15. The van der Waals surface area contributed by atoms with Gasteiger partial charge in [-0.3, -0.25) is 4.79 Å². The molecule has 0 unspecified atom stereocenters. The Morgan fingerprint density at radius 1 is 1.41 bits per heavy atom. The summed E-state index contributed by atoms with van der Waals surface area (Å²) in [6.07, 6.45) is 2.50. The van der Waals surface area contributed by atoms with Gasteiger partial charge in [0.2, 0.25) is 5.91 Å².